The third-order valence-corrected chi connectivity index (χ3v) is 2.56. The molecule has 19 heavy (non-hydrogen) atoms. The maximum atomic E-state index is 12.8. The van der Waals surface area contributed by atoms with Gasteiger partial charge in [0.2, 0.25) is 11.8 Å². The van der Waals surface area contributed by atoms with Gasteiger partial charge in [0.05, 0.1) is 0 Å². The third kappa shape index (κ3) is 2.70. The molecule has 0 spiro atoms. The summed E-state index contributed by atoms with van der Waals surface area (Å²) in [6, 6.07) is 5.52. The standard InChI is InChI=1S/C12H14FN5O/c1-17(2)12-16-15-10(18(12)3)11(19)14-9-6-4-8(13)5-7-9/h4-7H,1-3H3,(H,14,19). The fourth-order valence-corrected chi connectivity index (χ4v) is 1.63. The molecule has 0 fully saturated rings. The fraction of sp³-hybridized carbons (Fsp3) is 0.250. The van der Waals surface area contributed by atoms with Crippen LogP contribution in [0.1, 0.15) is 10.6 Å². The highest BCUT2D eigenvalue weighted by Gasteiger charge is 2.17. The summed E-state index contributed by atoms with van der Waals surface area (Å²) in [5.41, 5.74) is 0.501. The van der Waals surface area contributed by atoms with E-state index in [1.807, 2.05) is 14.1 Å². The van der Waals surface area contributed by atoms with Crippen molar-refractivity contribution >= 4 is 17.5 Å². The Morgan fingerprint density at radius 3 is 2.42 bits per heavy atom. The van der Waals surface area contributed by atoms with Crippen LogP contribution in [-0.2, 0) is 7.05 Å². The number of hydrogen-bond donors (Lipinski definition) is 1. The van der Waals surface area contributed by atoms with E-state index >= 15 is 0 Å². The van der Waals surface area contributed by atoms with E-state index in [1.54, 1.807) is 16.5 Å². The highest BCUT2D eigenvalue weighted by molar-refractivity contribution is 6.01. The highest BCUT2D eigenvalue weighted by atomic mass is 19.1. The third-order valence-electron chi connectivity index (χ3n) is 2.56. The minimum atomic E-state index is -0.394. The van der Waals surface area contributed by atoms with Crippen molar-refractivity contribution in [1.29, 1.82) is 0 Å². The van der Waals surface area contributed by atoms with Gasteiger partial charge in [-0.3, -0.25) is 9.36 Å². The maximum absolute atomic E-state index is 12.8. The molecule has 1 amide bonds. The molecule has 0 aliphatic carbocycles. The molecule has 6 nitrogen and oxygen atoms in total. The van der Waals surface area contributed by atoms with E-state index in [0.29, 0.717) is 11.6 Å². The normalized spacial score (nSPS) is 10.3. The summed E-state index contributed by atoms with van der Waals surface area (Å²) in [7, 11) is 5.33. The molecule has 100 valence electrons. The summed E-state index contributed by atoms with van der Waals surface area (Å²) in [6.45, 7) is 0. The second-order valence-corrected chi connectivity index (χ2v) is 4.24. The second-order valence-electron chi connectivity index (χ2n) is 4.24. The molecule has 1 heterocycles. The zero-order chi connectivity index (χ0) is 14.0. The number of hydrogen-bond acceptors (Lipinski definition) is 4. The SMILES string of the molecule is CN(C)c1nnc(C(=O)Nc2ccc(F)cc2)n1C. The summed E-state index contributed by atoms with van der Waals surface area (Å²) in [6.07, 6.45) is 0. The van der Waals surface area contributed by atoms with Crippen LogP contribution in [-0.4, -0.2) is 34.8 Å². The number of benzene rings is 1. The molecule has 1 aromatic heterocycles. The van der Waals surface area contributed by atoms with Gasteiger partial charge < -0.3 is 10.2 Å². The van der Waals surface area contributed by atoms with Crippen LogP contribution in [0.2, 0.25) is 0 Å². The van der Waals surface area contributed by atoms with Crippen LogP contribution in [0.4, 0.5) is 16.0 Å². The van der Waals surface area contributed by atoms with E-state index in [2.05, 4.69) is 15.5 Å². The van der Waals surface area contributed by atoms with Gasteiger partial charge in [-0.1, -0.05) is 0 Å². The molecular weight excluding hydrogens is 249 g/mol. The van der Waals surface area contributed by atoms with Gasteiger partial charge in [-0.25, -0.2) is 4.39 Å². The van der Waals surface area contributed by atoms with E-state index in [4.69, 9.17) is 0 Å². The summed E-state index contributed by atoms with van der Waals surface area (Å²) < 4.78 is 14.3. The number of nitrogens with one attached hydrogen (secondary N) is 1. The van der Waals surface area contributed by atoms with Crippen molar-refractivity contribution in [3.05, 3.63) is 35.9 Å². The van der Waals surface area contributed by atoms with Gasteiger partial charge in [-0.2, -0.15) is 0 Å². The Bertz CT molecular complexity index is 591. The van der Waals surface area contributed by atoms with Crippen LogP contribution in [0, 0.1) is 5.82 Å². The van der Waals surface area contributed by atoms with Crippen LogP contribution in [0.5, 0.6) is 0 Å². The first kappa shape index (κ1) is 13.0. The van der Waals surface area contributed by atoms with Gasteiger partial charge in [0, 0.05) is 26.8 Å². The van der Waals surface area contributed by atoms with Crippen molar-refractivity contribution in [3.63, 3.8) is 0 Å². The topological polar surface area (TPSA) is 63.1 Å². The zero-order valence-electron chi connectivity index (χ0n) is 10.9. The molecular formula is C12H14FN5O. The van der Waals surface area contributed by atoms with Crippen LogP contribution < -0.4 is 10.2 Å². The average Bonchev–Trinajstić information content (AvgIpc) is 2.74. The average molecular weight is 263 g/mol. The molecule has 0 unspecified atom stereocenters. The summed E-state index contributed by atoms with van der Waals surface area (Å²) >= 11 is 0. The van der Waals surface area contributed by atoms with Gasteiger partial charge in [0.25, 0.3) is 5.91 Å². The Kier molecular flexibility index (Phi) is 3.46. The number of nitrogens with zero attached hydrogens (tertiary/aromatic N) is 4. The van der Waals surface area contributed by atoms with Gasteiger partial charge in [-0.05, 0) is 24.3 Å². The lowest BCUT2D eigenvalue weighted by Crippen LogP contribution is -2.19. The van der Waals surface area contributed by atoms with Gasteiger partial charge in [0.15, 0.2) is 0 Å². The Balaban J connectivity index is 2.18. The zero-order valence-corrected chi connectivity index (χ0v) is 10.9. The Morgan fingerprint density at radius 2 is 1.89 bits per heavy atom. The molecule has 7 heteroatoms. The number of anilines is 2. The monoisotopic (exact) mass is 263 g/mol. The molecule has 2 rings (SSSR count). The molecule has 2 aromatic rings. The molecule has 0 aliphatic heterocycles. The number of halogens is 1. The first-order valence-corrected chi connectivity index (χ1v) is 5.62. The molecule has 0 atom stereocenters. The number of carbonyl (C=O) groups is 1. The predicted molar refractivity (Wildman–Crippen MR) is 69.7 cm³/mol. The maximum Gasteiger partial charge on any atom is 0.293 e. The van der Waals surface area contributed by atoms with E-state index in [0.717, 1.165) is 0 Å². The number of carbonyl (C=O) groups excluding carboxylic acids is 1. The van der Waals surface area contributed by atoms with Gasteiger partial charge in [0.1, 0.15) is 5.82 Å². The first-order valence-electron chi connectivity index (χ1n) is 5.62. The van der Waals surface area contributed by atoms with Gasteiger partial charge in [-0.15, -0.1) is 10.2 Å². The van der Waals surface area contributed by atoms with Crippen molar-refractivity contribution in [2.45, 2.75) is 0 Å². The fourth-order valence-electron chi connectivity index (χ4n) is 1.63. The van der Waals surface area contributed by atoms with E-state index < -0.39 is 5.91 Å². The van der Waals surface area contributed by atoms with E-state index in [1.165, 1.54) is 24.3 Å². The van der Waals surface area contributed by atoms with Crippen LogP contribution >= 0.6 is 0 Å². The summed E-state index contributed by atoms with van der Waals surface area (Å²) in [5, 5.41) is 10.4. The molecule has 0 aliphatic rings. The van der Waals surface area contributed by atoms with Crippen LogP contribution in [0.25, 0.3) is 0 Å². The van der Waals surface area contributed by atoms with Gasteiger partial charge >= 0.3 is 0 Å². The quantitative estimate of drug-likeness (QED) is 0.906. The summed E-state index contributed by atoms with van der Waals surface area (Å²) in [4.78, 5) is 13.8. The van der Waals surface area contributed by atoms with E-state index in [-0.39, 0.29) is 11.6 Å². The van der Waals surface area contributed by atoms with Crippen molar-refractivity contribution in [2.24, 2.45) is 7.05 Å². The summed E-state index contributed by atoms with van der Waals surface area (Å²) in [5.74, 6) is 0.0125. The minimum Gasteiger partial charge on any atom is -0.347 e. The highest BCUT2D eigenvalue weighted by Crippen LogP contribution is 2.12. The van der Waals surface area contributed by atoms with Crippen molar-refractivity contribution in [1.82, 2.24) is 14.8 Å². The van der Waals surface area contributed by atoms with Crippen LogP contribution in [0.15, 0.2) is 24.3 Å². The van der Waals surface area contributed by atoms with Crippen molar-refractivity contribution in [2.75, 3.05) is 24.3 Å². The Hall–Kier alpha value is -2.44. The molecule has 1 N–H and O–H groups in total. The molecule has 0 bridgehead atoms. The smallest absolute Gasteiger partial charge is 0.293 e. The molecule has 1 aromatic carbocycles. The Labute approximate surface area is 109 Å². The van der Waals surface area contributed by atoms with Crippen molar-refractivity contribution < 1.29 is 9.18 Å². The second kappa shape index (κ2) is 5.05. The Morgan fingerprint density at radius 1 is 1.26 bits per heavy atom. The minimum absolute atomic E-state index is 0.188. The largest absolute Gasteiger partial charge is 0.347 e. The number of aromatic nitrogens is 3. The van der Waals surface area contributed by atoms with Crippen molar-refractivity contribution in [3.8, 4) is 0 Å². The number of rotatable bonds is 3. The molecule has 0 saturated carbocycles. The molecule has 0 saturated heterocycles. The van der Waals surface area contributed by atoms with Crippen LogP contribution in [0.3, 0.4) is 0 Å². The van der Waals surface area contributed by atoms with E-state index in [9.17, 15) is 9.18 Å². The first-order chi connectivity index (χ1) is 8.99. The molecule has 0 radical (unpaired) electrons. The number of amides is 1. The lowest BCUT2D eigenvalue weighted by atomic mass is 10.3. The lowest BCUT2D eigenvalue weighted by molar-refractivity contribution is 0.101. The lowest BCUT2D eigenvalue weighted by Gasteiger charge is -2.10. The predicted octanol–water partition coefficient (Wildman–Crippen LogP) is 1.27.